The number of hydrazone groups is 1. The summed E-state index contributed by atoms with van der Waals surface area (Å²) in [5.41, 5.74) is -0.173. The molecule has 1 aromatic heterocycles. The van der Waals surface area contributed by atoms with Crippen LogP contribution in [0.2, 0.25) is 5.02 Å². The number of carbonyl (C=O) groups is 2. The minimum Gasteiger partial charge on any atom is -0.337 e. The summed E-state index contributed by atoms with van der Waals surface area (Å²) in [6.45, 7) is 0.0631. The molecule has 17 heteroatoms. The minimum atomic E-state index is -5.14. The number of amides is 3. The molecule has 222 valence electrons. The molecule has 3 aromatic rings. The SMILES string of the molecule is CCn1c(C(=O)NC(c2cccc(C(F)(F)F)c2)C(F)(F)F)cc2cc(/C=N/NC(=O)NCC(F)(F)F)c(Cl)cc21. The molecule has 3 rings (SSSR count). The van der Waals surface area contributed by atoms with Crippen LogP contribution in [0.4, 0.5) is 44.3 Å². The van der Waals surface area contributed by atoms with Crippen molar-refractivity contribution in [3.63, 3.8) is 0 Å². The van der Waals surface area contributed by atoms with Gasteiger partial charge in [-0.25, -0.2) is 10.2 Å². The molecule has 0 aliphatic heterocycles. The van der Waals surface area contributed by atoms with Crippen molar-refractivity contribution in [2.45, 2.75) is 38.0 Å². The number of aryl methyl sites for hydroxylation is 1. The van der Waals surface area contributed by atoms with Gasteiger partial charge in [0.25, 0.3) is 5.91 Å². The molecule has 0 saturated carbocycles. The molecule has 7 nitrogen and oxygen atoms in total. The smallest absolute Gasteiger partial charge is 0.337 e. The van der Waals surface area contributed by atoms with Gasteiger partial charge in [0.2, 0.25) is 0 Å². The Hall–Kier alpha value is -3.95. The van der Waals surface area contributed by atoms with Crippen LogP contribution in [0.5, 0.6) is 0 Å². The quantitative estimate of drug-likeness (QED) is 0.160. The van der Waals surface area contributed by atoms with E-state index in [1.165, 1.54) is 28.1 Å². The first-order valence-corrected chi connectivity index (χ1v) is 11.8. The van der Waals surface area contributed by atoms with Crippen molar-refractivity contribution < 1.29 is 49.1 Å². The number of nitrogens with one attached hydrogen (secondary N) is 3. The molecule has 1 unspecified atom stereocenters. The minimum absolute atomic E-state index is 0.00985. The number of alkyl halides is 9. The van der Waals surface area contributed by atoms with Crippen LogP contribution in [0.15, 0.2) is 47.6 Å². The van der Waals surface area contributed by atoms with Crippen LogP contribution in [-0.4, -0.2) is 41.6 Å². The predicted molar refractivity (Wildman–Crippen MR) is 131 cm³/mol. The molecule has 1 atom stereocenters. The Kier molecular flexibility index (Phi) is 9.15. The lowest BCUT2D eigenvalue weighted by Gasteiger charge is -2.23. The summed E-state index contributed by atoms with van der Waals surface area (Å²) in [5.74, 6) is -1.24. The Labute approximate surface area is 230 Å². The predicted octanol–water partition coefficient (Wildman–Crippen LogP) is 6.56. The van der Waals surface area contributed by atoms with Crippen LogP contribution in [0.3, 0.4) is 0 Å². The summed E-state index contributed by atoms with van der Waals surface area (Å²) in [6.07, 6.45) is -13.7. The van der Waals surface area contributed by atoms with Gasteiger partial charge in [0.15, 0.2) is 6.04 Å². The molecule has 0 spiro atoms. The first kappa shape index (κ1) is 31.6. The molecular weight excluding hydrogens is 597 g/mol. The fourth-order valence-corrected chi connectivity index (χ4v) is 3.97. The van der Waals surface area contributed by atoms with Crippen molar-refractivity contribution in [2.24, 2.45) is 5.10 Å². The molecule has 0 bridgehead atoms. The summed E-state index contributed by atoms with van der Waals surface area (Å²) in [6, 6.07) is 2.40. The van der Waals surface area contributed by atoms with E-state index in [-0.39, 0.29) is 28.2 Å². The lowest BCUT2D eigenvalue weighted by atomic mass is 10.0. The number of carbonyl (C=O) groups excluding carboxylic acids is 2. The highest BCUT2D eigenvalue weighted by atomic mass is 35.5. The lowest BCUT2D eigenvalue weighted by Crippen LogP contribution is -2.39. The van der Waals surface area contributed by atoms with Gasteiger partial charge in [-0.15, -0.1) is 0 Å². The van der Waals surface area contributed by atoms with E-state index >= 15 is 0 Å². The fraction of sp³-hybridized carbons (Fsp3) is 0.292. The summed E-state index contributed by atoms with van der Waals surface area (Å²) in [4.78, 5) is 24.4. The molecular formula is C24H19ClF9N5O2. The number of aromatic nitrogens is 1. The normalized spacial score (nSPS) is 13.4. The highest BCUT2D eigenvalue weighted by molar-refractivity contribution is 6.34. The van der Waals surface area contributed by atoms with Crippen LogP contribution in [0, 0.1) is 0 Å². The molecule has 0 aliphatic rings. The molecule has 3 N–H and O–H groups in total. The third kappa shape index (κ3) is 8.05. The second-order valence-electron chi connectivity index (χ2n) is 8.45. The Morgan fingerprint density at radius 3 is 2.29 bits per heavy atom. The molecule has 0 saturated heterocycles. The van der Waals surface area contributed by atoms with E-state index in [9.17, 15) is 49.1 Å². The zero-order valence-corrected chi connectivity index (χ0v) is 21.4. The average Bonchev–Trinajstić information content (AvgIpc) is 3.21. The summed E-state index contributed by atoms with van der Waals surface area (Å²) >= 11 is 6.21. The van der Waals surface area contributed by atoms with Crippen molar-refractivity contribution >= 4 is 40.7 Å². The maximum atomic E-state index is 13.9. The number of hydrogen-bond donors (Lipinski definition) is 3. The van der Waals surface area contributed by atoms with Gasteiger partial charge >= 0.3 is 24.6 Å². The second kappa shape index (κ2) is 11.9. The van der Waals surface area contributed by atoms with Gasteiger partial charge in [0.1, 0.15) is 12.2 Å². The molecule has 3 amide bonds. The van der Waals surface area contributed by atoms with Crippen LogP contribution in [0.1, 0.15) is 40.1 Å². The first-order valence-electron chi connectivity index (χ1n) is 11.4. The van der Waals surface area contributed by atoms with Gasteiger partial charge in [-0.05, 0) is 42.8 Å². The summed E-state index contributed by atoms with van der Waals surface area (Å²) in [5, 5.41) is 7.07. The Morgan fingerprint density at radius 1 is 1.02 bits per heavy atom. The molecule has 2 aromatic carbocycles. The zero-order valence-electron chi connectivity index (χ0n) is 20.6. The third-order valence-corrected chi connectivity index (χ3v) is 5.87. The number of fused-ring (bicyclic) bond motifs is 1. The molecule has 1 heterocycles. The van der Waals surface area contributed by atoms with Gasteiger partial charge in [-0.3, -0.25) is 4.79 Å². The largest absolute Gasteiger partial charge is 0.416 e. The van der Waals surface area contributed by atoms with E-state index in [1.807, 2.05) is 0 Å². The molecule has 0 fully saturated rings. The number of hydrogen-bond acceptors (Lipinski definition) is 3. The van der Waals surface area contributed by atoms with Crippen LogP contribution in [0.25, 0.3) is 10.9 Å². The van der Waals surface area contributed by atoms with Crippen molar-refractivity contribution in [1.82, 2.24) is 20.6 Å². The van der Waals surface area contributed by atoms with E-state index in [0.717, 1.165) is 18.3 Å². The van der Waals surface area contributed by atoms with Crippen LogP contribution in [-0.2, 0) is 12.7 Å². The van der Waals surface area contributed by atoms with E-state index in [2.05, 4.69) is 5.10 Å². The number of benzene rings is 2. The Morgan fingerprint density at radius 2 is 1.71 bits per heavy atom. The van der Waals surface area contributed by atoms with Crippen molar-refractivity contribution in [3.05, 3.63) is 69.9 Å². The van der Waals surface area contributed by atoms with E-state index in [1.54, 1.807) is 17.7 Å². The maximum absolute atomic E-state index is 13.9. The Balaban J connectivity index is 1.90. The third-order valence-electron chi connectivity index (χ3n) is 5.54. The number of nitrogens with zero attached hydrogens (tertiary/aromatic N) is 2. The first-order chi connectivity index (χ1) is 18.9. The average molecular weight is 616 g/mol. The zero-order chi connectivity index (χ0) is 30.8. The summed E-state index contributed by atoms with van der Waals surface area (Å²) < 4.78 is 119. The highest BCUT2D eigenvalue weighted by Gasteiger charge is 2.43. The van der Waals surface area contributed by atoms with Crippen molar-refractivity contribution in [3.8, 4) is 0 Å². The van der Waals surface area contributed by atoms with E-state index in [0.29, 0.717) is 17.6 Å². The number of urea groups is 1. The number of rotatable bonds is 7. The van der Waals surface area contributed by atoms with Crippen LogP contribution < -0.4 is 16.1 Å². The number of halogens is 10. The topological polar surface area (TPSA) is 87.5 Å². The van der Waals surface area contributed by atoms with Crippen molar-refractivity contribution in [2.75, 3.05) is 6.54 Å². The second-order valence-corrected chi connectivity index (χ2v) is 8.85. The van der Waals surface area contributed by atoms with Gasteiger partial charge in [0.05, 0.1) is 22.3 Å². The molecule has 0 aliphatic carbocycles. The Bertz CT molecular complexity index is 1460. The summed E-state index contributed by atoms with van der Waals surface area (Å²) in [7, 11) is 0. The van der Waals surface area contributed by atoms with Crippen LogP contribution >= 0.6 is 11.6 Å². The van der Waals surface area contributed by atoms with Gasteiger partial charge in [-0.2, -0.15) is 44.6 Å². The van der Waals surface area contributed by atoms with E-state index in [4.69, 9.17) is 11.6 Å². The lowest BCUT2D eigenvalue weighted by molar-refractivity contribution is -0.156. The van der Waals surface area contributed by atoms with Gasteiger partial charge in [0, 0.05) is 17.5 Å². The molecule has 41 heavy (non-hydrogen) atoms. The van der Waals surface area contributed by atoms with E-state index < -0.39 is 54.2 Å². The van der Waals surface area contributed by atoms with Crippen molar-refractivity contribution in [1.29, 1.82) is 0 Å². The standard InChI is InChI=1S/C24H19ClF9N5O2/c1-2-39-17-9-16(25)14(10-36-38-21(41)35-11-22(26,27)28)6-13(17)8-18(39)20(40)37-19(24(32,33)34)12-4-3-5-15(7-12)23(29,30)31/h3-10,19H,2,11H2,1H3,(H,37,40)(H2,35,38,41)/b36-10+. The fourth-order valence-electron chi connectivity index (χ4n) is 3.76. The van der Waals surface area contributed by atoms with Gasteiger partial charge in [-0.1, -0.05) is 23.7 Å². The monoisotopic (exact) mass is 615 g/mol. The maximum Gasteiger partial charge on any atom is 0.416 e. The van der Waals surface area contributed by atoms with Gasteiger partial charge < -0.3 is 15.2 Å². The molecule has 0 radical (unpaired) electrons. The highest BCUT2D eigenvalue weighted by Crippen LogP contribution is 2.37.